The Bertz CT molecular complexity index is 1030. The van der Waals surface area contributed by atoms with Gasteiger partial charge >= 0.3 is 0 Å². The minimum Gasteiger partial charge on any atom is -0.352 e. The zero-order chi connectivity index (χ0) is 18.8. The Morgan fingerprint density at radius 2 is 2.15 bits per heavy atom. The van der Waals surface area contributed by atoms with Crippen LogP contribution in [0.15, 0.2) is 47.8 Å². The van der Waals surface area contributed by atoms with Crippen LogP contribution in [0.5, 0.6) is 0 Å². The first-order valence-corrected chi connectivity index (χ1v) is 9.38. The van der Waals surface area contributed by atoms with Crippen molar-refractivity contribution in [2.45, 2.75) is 12.8 Å². The van der Waals surface area contributed by atoms with Gasteiger partial charge < -0.3 is 10.6 Å². The molecule has 0 saturated carbocycles. The van der Waals surface area contributed by atoms with Crippen LogP contribution in [0.25, 0.3) is 11.3 Å². The molecule has 3 aromatic rings. The molecule has 0 saturated heterocycles. The van der Waals surface area contributed by atoms with Crippen molar-refractivity contribution < 1.29 is 14.0 Å². The maximum Gasteiger partial charge on any atom is 0.251 e. The van der Waals surface area contributed by atoms with Crippen LogP contribution in [0, 0.1) is 5.82 Å². The molecule has 0 radical (unpaired) electrons. The minimum absolute atomic E-state index is 0.00940. The van der Waals surface area contributed by atoms with Crippen molar-refractivity contribution in [2.75, 3.05) is 11.9 Å². The monoisotopic (exact) mass is 381 g/mol. The predicted octanol–water partition coefficient (Wildman–Crippen LogP) is 3.42. The second kappa shape index (κ2) is 7.28. The topological polar surface area (TPSA) is 71.1 Å². The van der Waals surface area contributed by atoms with Gasteiger partial charge in [-0.1, -0.05) is 12.1 Å². The van der Waals surface area contributed by atoms with Gasteiger partial charge in [0.05, 0.1) is 17.1 Å². The molecular weight excluding hydrogens is 365 g/mol. The highest BCUT2D eigenvalue weighted by molar-refractivity contribution is 7.09. The van der Waals surface area contributed by atoms with Crippen molar-refractivity contribution in [3.63, 3.8) is 0 Å². The highest BCUT2D eigenvalue weighted by atomic mass is 32.1. The van der Waals surface area contributed by atoms with E-state index < -0.39 is 5.82 Å². The van der Waals surface area contributed by atoms with Gasteiger partial charge in [-0.05, 0) is 35.9 Å². The van der Waals surface area contributed by atoms with Gasteiger partial charge in [0.15, 0.2) is 0 Å². The average molecular weight is 381 g/mol. The number of benzene rings is 2. The normalized spacial score (nSPS) is 12.6. The molecule has 0 fully saturated rings. The molecule has 5 nitrogen and oxygen atoms in total. The van der Waals surface area contributed by atoms with E-state index in [1.165, 1.54) is 29.5 Å². The number of hydrogen-bond donors (Lipinski definition) is 2. The molecule has 4 rings (SSSR count). The van der Waals surface area contributed by atoms with Gasteiger partial charge in [0.1, 0.15) is 5.82 Å². The second-order valence-electron chi connectivity index (χ2n) is 6.24. The van der Waals surface area contributed by atoms with Crippen molar-refractivity contribution in [2.24, 2.45) is 0 Å². The predicted molar refractivity (Wildman–Crippen MR) is 102 cm³/mol. The van der Waals surface area contributed by atoms with E-state index in [0.29, 0.717) is 24.9 Å². The van der Waals surface area contributed by atoms with Crippen LogP contribution in [-0.4, -0.2) is 23.3 Å². The minimum atomic E-state index is -0.432. The fraction of sp³-hybridized carbons (Fsp3) is 0.150. The maximum atomic E-state index is 13.2. The fourth-order valence-corrected chi connectivity index (χ4v) is 3.77. The van der Waals surface area contributed by atoms with Gasteiger partial charge in [-0.3, -0.25) is 9.59 Å². The summed E-state index contributed by atoms with van der Waals surface area (Å²) in [5.41, 5.74) is 3.97. The van der Waals surface area contributed by atoms with Crippen molar-refractivity contribution in [1.29, 1.82) is 0 Å². The Kier molecular flexibility index (Phi) is 4.68. The molecule has 1 aromatic heterocycles. The Labute approximate surface area is 159 Å². The summed E-state index contributed by atoms with van der Waals surface area (Å²) < 4.78 is 13.2. The van der Waals surface area contributed by atoms with Crippen molar-refractivity contribution >= 4 is 28.8 Å². The lowest BCUT2D eigenvalue weighted by atomic mass is 10.1. The highest BCUT2D eigenvalue weighted by Crippen LogP contribution is 2.29. The highest BCUT2D eigenvalue weighted by Gasteiger charge is 2.18. The van der Waals surface area contributed by atoms with E-state index in [4.69, 9.17) is 0 Å². The molecule has 0 aliphatic carbocycles. The van der Waals surface area contributed by atoms with E-state index >= 15 is 0 Å². The first kappa shape index (κ1) is 17.4. The third-order valence-electron chi connectivity index (χ3n) is 4.29. The van der Waals surface area contributed by atoms with Crippen LogP contribution in [0.4, 0.5) is 10.1 Å². The van der Waals surface area contributed by atoms with Gasteiger partial charge in [-0.15, -0.1) is 11.3 Å². The van der Waals surface area contributed by atoms with Crippen LogP contribution in [0.3, 0.4) is 0 Å². The number of carbonyl (C=O) groups excluding carboxylic acids is 2. The Morgan fingerprint density at radius 1 is 1.26 bits per heavy atom. The number of amides is 2. The molecule has 136 valence electrons. The lowest BCUT2D eigenvalue weighted by Gasteiger charge is -2.04. The van der Waals surface area contributed by atoms with Gasteiger partial charge in [0.25, 0.3) is 5.91 Å². The summed E-state index contributed by atoms with van der Waals surface area (Å²) >= 11 is 1.52. The number of nitrogens with zero attached hydrogens (tertiary/aromatic N) is 1. The number of carbonyl (C=O) groups is 2. The summed E-state index contributed by atoms with van der Waals surface area (Å²) in [5.74, 6) is -0.726. The van der Waals surface area contributed by atoms with Gasteiger partial charge in [0.2, 0.25) is 5.91 Å². The molecule has 0 unspecified atom stereocenters. The molecule has 7 heteroatoms. The lowest BCUT2D eigenvalue weighted by molar-refractivity contribution is -0.115. The zero-order valence-corrected chi connectivity index (χ0v) is 15.1. The van der Waals surface area contributed by atoms with Crippen LogP contribution in [-0.2, 0) is 17.6 Å². The van der Waals surface area contributed by atoms with Crippen LogP contribution < -0.4 is 10.6 Å². The average Bonchev–Trinajstić information content (AvgIpc) is 3.26. The van der Waals surface area contributed by atoms with E-state index in [-0.39, 0.29) is 11.8 Å². The van der Waals surface area contributed by atoms with Crippen molar-refractivity contribution in [3.05, 3.63) is 69.8 Å². The summed E-state index contributed by atoms with van der Waals surface area (Å²) in [6.07, 6.45) is 0.989. The smallest absolute Gasteiger partial charge is 0.251 e. The van der Waals surface area contributed by atoms with Crippen LogP contribution in [0.1, 0.15) is 20.9 Å². The third-order valence-corrected chi connectivity index (χ3v) is 5.20. The van der Waals surface area contributed by atoms with Gasteiger partial charge in [-0.25, -0.2) is 9.37 Å². The molecule has 1 aliphatic heterocycles. The van der Waals surface area contributed by atoms with Crippen LogP contribution in [0.2, 0.25) is 0 Å². The number of thiazole rings is 1. The molecule has 1 aliphatic rings. The van der Waals surface area contributed by atoms with E-state index in [2.05, 4.69) is 15.6 Å². The molecule has 2 amide bonds. The van der Waals surface area contributed by atoms with Crippen molar-refractivity contribution in [3.8, 4) is 11.3 Å². The van der Waals surface area contributed by atoms with Gasteiger partial charge in [0, 0.05) is 35.2 Å². The lowest BCUT2D eigenvalue weighted by Crippen LogP contribution is -2.25. The third kappa shape index (κ3) is 3.88. The molecule has 0 atom stereocenters. The zero-order valence-electron chi connectivity index (χ0n) is 14.3. The Hall–Kier alpha value is -3.06. The maximum absolute atomic E-state index is 13.2. The number of nitrogens with one attached hydrogen (secondary N) is 2. The number of aromatic nitrogens is 1. The van der Waals surface area contributed by atoms with Crippen LogP contribution >= 0.6 is 11.3 Å². The molecular formula is C20H16FN3O2S. The second-order valence-corrected chi connectivity index (χ2v) is 7.18. The Balaban J connectivity index is 1.37. The van der Waals surface area contributed by atoms with Gasteiger partial charge in [-0.2, -0.15) is 0 Å². The standard InChI is InChI=1S/C20H16FN3O2S/c21-15-3-1-2-13(9-15)20(26)22-7-6-19-24-17(11-27-19)12-4-5-16-14(8-12)10-18(25)23-16/h1-5,8-9,11H,6-7,10H2,(H,22,26)(H,23,25). The molecule has 2 aromatic carbocycles. The number of rotatable bonds is 5. The molecule has 2 N–H and O–H groups in total. The summed E-state index contributed by atoms with van der Waals surface area (Å²) in [6.45, 7) is 0.422. The Morgan fingerprint density at radius 3 is 3.00 bits per heavy atom. The quantitative estimate of drug-likeness (QED) is 0.711. The number of hydrogen-bond acceptors (Lipinski definition) is 4. The first-order chi connectivity index (χ1) is 13.1. The molecule has 2 heterocycles. The van der Waals surface area contributed by atoms with Crippen molar-refractivity contribution in [1.82, 2.24) is 10.3 Å². The first-order valence-electron chi connectivity index (χ1n) is 8.50. The molecule has 27 heavy (non-hydrogen) atoms. The summed E-state index contributed by atoms with van der Waals surface area (Å²) in [4.78, 5) is 28.1. The summed E-state index contributed by atoms with van der Waals surface area (Å²) in [6, 6.07) is 11.4. The largest absolute Gasteiger partial charge is 0.352 e. The molecule has 0 spiro atoms. The molecule has 0 bridgehead atoms. The fourth-order valence-electron chi connectivity index (χ4n) is 2.96. The number of fused-ring (bicyclic) bond motifs is 1. The number of halogens is 1. The van der Waals surface area contributed by atoms with E-state index in [9.17, 15) is 14.0 Å². The summed E-state index contributed by atoms with van der Waals surface area (Å²) in [7, 11) is 0. The van der Waals surface area contributed by atoms with E-state index in [1.807, 2.05) is 23.6 Å². The SMILES string of the molecule is O=C1Cc2cc(-c3csc(CCNC(=O)c4cccc(F)c4)n3)ccc2N1. The van der Waals surface area contributed by atoms with E-state index in [0.717, 1.165) is 27.5 Å². The van der Waals surface area contributed by atoms with E-state index in [1.54, 1.807) is 6.07 Å². The number of anilines is 1. The summed E-state index contributed by atoms with van der Waals surface area (Å²) in [5, 5.41) is 8.46.